The predicted octanol–water partition coefficient (Wildman–Crippen LogP) is 3.03. The van der Waals surface area contributed by atoms with E-state index in [0.717, 1.165) is 30.8 Å². The maximum atomic E-state index is 13.0. The third kappa shape index (κ3) is 4.75. The summed E-state index contributed by atoms with van der Waals surface area (Å²) < 4.78 is 1.73. The highest BCUT2D eigenvalue weighted by Gasteiger charge is 2.31. The first-order valence-electron chi connectivity index (χ1n) is 12.4. The van der Waals surface area contributed by atoms with Gasteiger partial charge in [0.2, 0.25) is 0 Å². The largest absolute Gasteiger partial charge is 0.364 e. The summed E-state index contributed by atoms with van der Waals surface area (Å²) in [4.78, 5) is 36.2. The summed E-state index contributed by atoms with van der Waals surface area (Å²) in [6, 6.07) is 7.90. The van der Waals surface area contributed by atoms with Crippen LogP contribution in [0.3, 0.4) is 0 Å². The Hall–Kier alpha value is -3.95. The third-order valence-corrected chi connectivity index (χ3v) is 7.30. The molecule has 2 unspecified atom stereocenters. The van der Waals surface area contributed by atoms with Crippen molar-refractivity contribution in [2.75, 3.05) is 16.8 Å². The summed E-state index contributed by atoms with van der Waals surface area (Å²) in [5.41, 5.74) is 9.22. The Morgan fingerprint density at radius 2 is 1.86 bits per heavy atom. The van der Waals surface area contributed by atoms with Gasteiger partial charge in [0, 0.05) is 31.2 Å². The minimum absolute atomic E-state index is 0.0184. The zero-order valence-electron chi connectivity index (χ0n) is 20.9. The molecule has 2 atom stereocenters. The van der Waals surface area contributed by atoms with Crippen molar-refractivity contribution < 1.29 is 9.59 Å². The van der Waals surface area contributed by atoms with E-state index in [-0.39, 0.29) is 29.5 Å². The fourth-order valence-electron chi connectivity index (χ4n) is 4.77. The number of nitrogens with two attached hydrogens (primary N) is 1. The summed E-state index contributed by atoms with van der Waals surface area (Å²) in [6.07, 6.45) is 7.47. The number of carbonyl (C=O) groups is 2. The Morgan fingerprint density at radius 1 is 1.11 bits per heavy atom. The number of piperidine rings is 1. The van der Waals surface area contributed by atoms with Gasteiger partial charge in [0.05, 0.1) is 23.8 Å². The van der Waals surface area contributed by atoms with Crippen molar-refractivity contribution in [3.63, 3.8) is 0 Å². The van der Waals surface area contributed by atoms with Crippen LogP contribution in [-0.2, 0) is 7.05 Å². The molecule has 3 heterocycles. The highest BCUT2D eigenvalue weighted by Crippen LogP contribution is 2.39. The number of amides is 2. The lowest BCUT2D eigenvalue weighted by molar-refractivity contribution is 0.0923. The summed E-state index contributed by atoms with van der Waals surface area (Å²) in [5.74, 6) is 0.829. The number of rotatable bonds is 7. The number of nitrogens with zero attached hydrogens (tertiary/aromatic N) is 5. The zero-order chi connectivity index (χ0) is 25.4. The van der Waals surface area contributed by atoms with Gasteiger partial charge in [-0.3, -0.25) is 14.3 Å². The monoisotopic (exact) mass is 488 g/mol. The molecule has 0 radical (unpaired) electrons. The van der Waals surface area contributed by atoms with Crippen molar-refractivity contribution in [3.8, 4) is 0 Å². The van der Waals surface area contributed by atoms with Crippen LogP contribution < -0.4 is 21.3 Å². The van der Waals surface area contributed by atoms with Gasteiger partial charge in [-0.25, -0.2) is 9.97 Å². The summed E-state index contributed by atoms with van der Waals surface area (Å²) in [6.45, 7) is 4.75. The van der Waals surface area contributed by atoms with Gasteiger partial charge in [-0.05, 0) is 63.1 Å². The first-order chi connectivity index (χ1) is 17.3. The highest BCUT2D eigenvalue weighted by molar-refractivity contribution is 5.96. The van der Waals surface area contributed by atoms with Crippen LogP contribution in [0.15, 0.2) is 36.7 Å². The first-order valence-corrected chi connectivity index (χ1v) is 12.4. The highest BCUT2D eigenvalue weighted by atomic mass is 16.2. The molecule has 2 aliphatic rings. The molecule has 10 nitrogen and oxygen atoms in total. The van der Waals surface area contributed by atoms with E-state index in [1.807, 2.05) is 26.1 Å². The molecule has 1 aromatic carbocycles. The molecule has 1 aliphatic heterocycles. The summed E-state index contributed by atoms with van der Waals surface area (Å²) in [5, 5.41) is 10.6. The van der Waals surface area contributed by atoms with E-state index in [9.17, 15) is 9.59 Å². The van der Waals surface area contributed by atoms with Crippen LogP contribution in [0.2, 0.25) is 0 Å². The lowest BCUT2D eigenvalue weighted by Gasteiger charge is -2.40. The van der Waals surface area contributed by atoms with Crippen LogP contribution in [0.1, 0.15) is 70.6 Å². The Labute approximate surface area is 210 Å². The number of hydrogen-bond donors (Lipinski definition) is 3. The Morgan fingerprint density at radius 3 is 2.50 bits per heavy atom. The zero-order valence-corrected chi connectivity index (χ0v) is 20.9. The van der Waals surface area contributed by atoms with E-state index < -0.39 is 5.91 Å². The van der Waals surface area contributed by atoms with Crippen molar-refractivity contribution in [1.82, 2.24) is 25.1 Å². The number of benzene rings is 1. The molecule has 1 aliphatic carbocycles. The van der Waals surface area contributed by atoms with Crippen LogP contribution in [0.4, 0.5) is 17.3 Å². The van der Waals surface area contributed by atoms with Gasteiger partial charge in [-0.15, -0.1) is 0 Å². The van der Waals surface area contributed by atoms with Crippen LogP contribution in [0.25, 0.3) is 0 Å². The Bertz CT molecular complexity index is 1280. The smallest absolute Gasteiger partial charge is 0.271 e. The van der Waals surface area contributed by atoms with Crippen molar-refractivity contribution in [1.29, 1.82) is 0 Å². The van der Waals surface area contributed by atoms with E-state index in [2.05, 4.69) is 44.7 Å². The minimum atomic E-state index is -0.664. The van der Waals surface area contributed by atoms with Crippen LogP contribution in [0.5, 0.6) is 0 Å². The third-order valence-electron chi connectivity index (χ3n) is 7.30. The molecular formula is C26H32N8O2. The second kappa shape index (κ2) is 9.60. The van der Waals surface area contributed by atoms with E-state index in [1.54, 1.807) is 17.1 Å². The maximum Gasteiger partial charge on any atom is 0.271 e. The van der Waals surface area contributed by atoms with Crippen molar-refractivity contribution >= 4 is 29.1 Å². The van der Waals surface area contributed by atoms with Gasteiger partial charge in [0.15, 0.2) is 11.5 Å². The summed E-state index contributed by atoms with van der Waals surface area (Å²) >= 11 is 0. The van der Waals surface area contributed by atoms with Crippen molar-refractivity contribution in [3.05, 3.63) is 59.2 Å². The molecular weight excluding hydrogens is 456 g/mol. The molecule has 1 saturated carbocycles. The second-order valence-corrected chi connectivity index (χ2v) is 9.73. The number of anilines is 3. The van der Waals surface area contributed by atoms with E-state index >= 15 is 0 Å². The van der Waals surface area contributed by atoms with Gasteiger partial charge in [0.1, 0.15) is 5.82 Å². The number of aryl methyl sites for hydroxylation is 1. The number of hydrogen-bond acceptors (Lipinski definition) is 7. The van der Waals surface area contributed by atoms with Crippen LogP contribution in [-0.4, -0.2) is 50.2 Å². The maximum absolute atomic E-state index is 13.0. The van der Waals surface area contributed by atoms with Crippen LogP contribution in [0, 0.1) is 6.92 Å². The standard InChI is InChI=1S/C26H32N8O2/c1-15-21(13-29-33(15)3)30-25-23(24(27)35)28-14-22(32-25)34-12-4-5-20(16(34)2)31-26(36)19-10-8-18(9-11-19)17-6-7-17/h8-11,13-14,16-17,20H,4-7,12H2,1-3H3,(H2,27,35)(H,30,32)(H,31,36). The molecule has 0 spiro atoms. The first kappa shape index (κ1) is 23.8. The van der Waals surface area contributed by atoms with Crippen molar-refractivity contribution in [2.24, 2.45) is 12.8 Å². The van der Waals surface area contributed by atoms with Gasteiger partial charge >= 0.3 is 0 Å². The second-order valence-electron chi connectivity index (χ2n) is 9.73. The fourth-order valence-corrected chi connectivity index (χ4v) is 4.77. The molecule has 2 aromatic heterocycles. The predicted molar refractivity (Wildman–Crippen MR) is 137 cm³/mol. The molecule has 188 valence electrons. The van der Waals surface area contributed by atoms with E-state index in [1.165, 1.54) is 18.4 Å². The SMILES string of the molecule is Cc1c(Nc2nc(N3CCCC(NC(=O)c4ccc(C5CC5)cc4)C3C)cnc2C(N)=O)cnn1C. The molecule has 0 bridgehead atoms. The quantitative estimate of drug-likeness (QED) is 0.466. The number of carbonyl (C=O) groups excluding carboxylic acids is 2. The molecule has 5 rings (SSSR count). The number of aromatic nitrogens is 4. The van der Waals surface area contributed by atoms with E-state index in [4.69, 9.17) is 10.7 Å². The average molecular weight is 489 g/mol. The molecule has 4 N–H and O–H groups in total. The molecule has 2 amide bonds. The van der Waals surface area contributed by atoms with E-state index in [0.29, 0.717) is 17.3 Å². The number of primary amides is 1. The molecule has 3 aromatic rings. The lowest BCUT2D eigenvalue weighted by Crippen LogP contribution is -2.54. The van der Waals surface area contributed by atoms with Gasteiger partial charge in [-0.2, -0.15) is 5.10 Å². The van der Waals surface area contributed by atoms with Gasteiger partial charge in [-0.1, -0.05) is 12.1 Å². The summed E-state index contributed by atoms with van der Waals surface area (Å²) in [7, 11) is 1.84. The molecule has 2 fully saturated rings. The van der Waals surface area contributed by atoms with Gasteiger partial charge < -0.3 is 21.3 Å². The topological polar surface area (TPSA) is 131 Å². The fraction of sp³-hybridized carbons (Fsp3) is 0.423. The van der Waals surface area contributed by atoms with Crippen LogP contribution >= 0.6 is 0 Å². The molecule has 36 heavy (non-hydrogen) atoms. The minimum Gasteiger partial charge on any atom is -0.364 e. The Kier molecular flexibility index (Phi) is 6.34. The lowest BCUT2D eigenvalue weighted by atomic mass is 9.97. The Balaban J connectivity index is 1.33. The van der Waals surface area contributed by atoms with Gasteiger partial charge in [0.25, 0.3) is 11.8 Å². The van der Waals surface area contributed by atoms with Crippen molar-refractivity contribution in [2.45, 2.75) is 57.5 Å². The normalized spacial score (nSPS) is 19.7. The average Bonchev–Trinajstić information content (AvgIpc) is 3.68. The molecule has 1 saturated heterocycles. The molecule has 10 heteroatoms. The number of nitrogens with one attached hydrogen (secondary N) is 2.